The highest BCUT2D eigenvalue weighted by Gasteiger charge is 2.49. The van der Waals surface area contributed by atoms with E-state index in [1.807, 2.05) is 51.9 Å². The van der Waals surface area contributed by atoms with E-state index in [1.54, 1.807) is 6.07 Å². The molecule has 0 saturated carbocycles. The summed E-state index contributed by atoms with van der Waals surface area (Å²) in [5.74, 6) is 1.84. The zero-order valence-electron chi connectivity index (χ0n) is 13.0. The fourth-order valence-electron chi connectivity index (χ4n) is 2.01. The van der Waals surface area contributed by atoms with Crippen molar-refractivity contribution in [1.82, 2.24) is 4.98 Å². The molecule has 0 bridgehead atoms. The Morgan fingerprint density at radius 1 is 1.29 bits per heavy atom. The van der Waals surface area contributed by atoms with E-state index < -0.39 is 13.2 Å². The van der Waals surface area contributed by atoms with Crippen LogP contribution < -0.4 is 5.73 Å². The third-order valence-corrected chi connectivity index (χ3v) is 4.06. The fraction of sp³-hybridized carbons (Fsp3) is 0.533. The first kappa shape index (κ1) is 16.2. The average Bonchev–Trinajstić information content (AvgIpc) is 2.64. The molecule has 2 rings (SSSR count). The normalized spacial score (nSPS) is 21.9. The summed E-state index contributed by atoms with van der Waals surface area (Å²) in [6, 6.07) is 5.07. The lowest BCUT2D eigenvalue weighted by Crippen LogP contribution is -2.41. The van der Waals surface area contributed by atoms with Gasteiger partial charge in [-0.1, -0.05) is 12.0 Å². The van der Waals surface area contributed by atoms with Gasteiger partial charge < -0.3 is 20.1 Å². The van der Waals surface area contributed by atoms with Crippen molar-refractivity contribution in [3.05, 3.63) is 35.6 Å². The molecular formula is C15H23BN2O3. The maximum absolute atomic E-state index is 9.07. The minimum Gasteiger partial charge on any atom is -0.400 e. The molecule has 114 valence electrons. The summed E-state index contributed by atoms with van der Waals surface area (Å²) in [7, 11) is -0.396. The molecule has 0 radical (unpaired) electrons. The molecule has 0 amide bonds. The molecule has 1 aliphatic heterocycles. The number of aliphatic hydroxyl groups is 1. The lowest BCUT2D eigenvalue weighted by atomic mass is 9.89. The minimum atomic E-state index is -0.463. The molecule has 1 atom stereocenters. The molecule has 1 saturated heterocycles. The zero-order valence-corrected chi connectivity index (χ0v) is 13.0. The summed E-state index contributed by atoms with van der Waals surface area (Å²) in [6.45, 7) is 7.93. The van der Waals surface area contributed by atoms with E-state index in [-0.39, 0.29) is 17.8 Å². The van der Waals surface area contributed by atoms with Crippen LogP contribution in [0.5, 0.6) is 0 Å². The van der Waals surface area contributed by atoms with E-state index in [0.29, 0.717) is 5.69 Å². The standard InChI is InChI=1S/C15H23BN2O3/c1-14(2)15(3,4)21-16(20-14)9-8-11-6-5-7-13(18-11)12(17)10-19/h5-9,12,19H,10,17H2,1-4H3/b9-8+/t12-/m1/s1. The Bertz CT molecular complexity index is 515. The molecule has 0 aromatic carbocycles. The van der Waals surface area contributed by atoms with E-state index in [0.717, 1.165) is 5.69 Å². The predicted molar refractivity (Wildman–Crippen MR) is 83.4 cm³/mol. The number of nitrogens with zero attached hydrogens (tertiary/aromatic N) is 1. The lowest BCUT2D eigenvalue weighted by Gasteiger charge is -2.32. The highest BCUT2D eigenvalue weighted by molar-refractivity contribution is 6.52. The summed E-state index contributed by atoms with van der Waals surface area (Å²) in [4.78, 5) is 4.39. The van der Waals surface area contributed by atoms with Crippen LogP contribution in [0.25, 0.3) is 6.08 Å². The van der Waals surface area contributed by atoms with Crippen LogP contribution in [-0.2, 0) is 9.31 Å². The molecule has 1 aromatic rings. The molecule has 3 N–H and O–H groups in total. The molecule has 1 fully saturated rings. The topological polar surface area (TPSA) is 77.6 Å². The smallest absolute Gasteiger partial charge is 0.400 e. The Labute approximate surface area is 126 Å². The van der Waals surface area contributed by atoms with Gasteiger partial charge in [0.15, 0.2) is 0 Å². The summed E-state index contributed by atoms with van der Waals surface area (Å²) in [5, 5.41) is 9.07. The van der Waals surface area contributed by atoms with Gasteiger partial charge in [-0.15, -0.1) is 0 Å². The van der Waals surface area contributed by atoms with E-state index >= 15 is 0 Å². The quantitative estimate of drug-likeness (QED) is 0.826. The number of rotatable bonds is 4. The fourth-order valence-corrected chi connectivity index (χ4v) is 2.01. The summed E-state index contributed by atoms with van der Waals surface area (Å²) >= 11 is 0. The van der Waals surface area contributed by atoms with Gasteiger partial charge in [-0.05, 0) is 45.9 Å². The van der Waals surface area contributed by atoms with E-state index in [2.05, 4.69) is 4.98 Å². The maximum atomic E-state index is 9.07. The van der Waals surface area contributed by atoms with Gasteiger partial charge in [0.25, 0.3) is 0 Å². The molecule has 0 unspecified atom stereocenters. The van der Waals surface area contributed by atoms with Crippen LogP contribution in [-0.4, -0.2) is 35.0 Å². The van der Waals surface area contributed by atoms with Gasteiger partial charge in [-0.3, -0.25) is 4.98 Å². The number of aromatic nitrogens is 1. The Morgan fingerprint density at radius 3 is 2.48 bits per heavy atom. The third-order valence-electron chi connectivity index (χ3n) is 4.06. The second kappa shape index (κ2) is 5.89. The average molecular weight is 290 g/mol. The van der Waals surface area contributed by atoms with Crippen molar-refractivity contribution in [2.24, 2.45) is 5.73 Å². The Morgan fingerprint density at radius 2 is 1.90 bits per heavy atom. The first-order chi connectivity index (χ1) is 9.75. The molecule has 0 spiro atoms. The SMILES string of the molecule is CC1(C)OB(/C=C/c2cccc([C@H](N)CO)n2)OC1(C)C. The number of hydrogen-bond acceptors (Lipinski definition) is 5. The largest absolute Gasteiger partial charge is 0.487 e. The Balaban J connectivity index is 2.09. The summed E-state index contributed by atoms with van der Waals surface area (Å²) < 4.78 is 11.8. The molecule has 21 heavy (non-hydrogen) atoms. The van der Waals surface area contributed by atoms with Crippen LogP contribution in [0.3, 0.4) is 0 Å². The Kier molecular flexibility index (Phi) is 4.53. The first-order valence-corrected chi connectivity index (χ1v) is 7.12. The van der Waals surface area contributed by atoms with Crippen molar-refractivity contribution < 1.29 is 14.4 Å². The van der Waals surface area contributed by atoms with Crippen molar-refractivity contribution in [2.75, 3.05) is 6.61 Å². The summed E-state index contributed by atoms with van der Waals surface area (Å²) in [6.07, 6.45) is 1.84. The van der Waals surface area contributed by atoms with Crippen LogP contribution in [0.1, 0.15) is 45.1 Å². The monoisotopic (exact) mass is 290 g/mol. The van der Waals surface area contributed by atoms with Crippen LogP contribution in [0.2, 0.25) is 0 Å². The number of aliphatic hydroxyl groups excluding tert-OH is 1. The number of pyridine rings is 1. The first-order valence-electron chi connectivity index (χ1n) is 7.12. The van der Waals surface area contributed by atoms with Crippen molar-refractivity contribution in [2.45, 2.75) is 44.9 Å². The second-order valence-corrected chi connectivity index (χ2v) is 6.26. The van der Waals surface area contributed by atoms with Gasteiger partial charge in [0.05, 0.1) is 35.2 Å². The molecule has 1 aliphatic rings. The zero-order chi connectivity index (χ0) is 15.7. The molecule has 6 heteroatoms. The minimum absolute atomic E-state index is 0.128. The van der Waals surface area contributed by atoms with E-state index in [9.17, 15) is 0 Å². The van der Waals surface area contributed by atoms with Gasteiger partial charge in [0, 0.05) is 0 Å². The molecular weight excluding hydrogens is 267 g/mol. The Hall–Kier alpha value is -1.21. The highest BCUT2D eigenvalue weighted by atomic mass is 16.7. The van der Waals surface area contributed by atoms with Gasteiger partial charge in [0.1, 0.15) is 0 Å². The maximum Gasteiger partial charge on any atom is 0.487 e. The predicted octanol–water partition coefficient (Wildman–Crippen LogP) is 1.72. The molecule has 5 nitrogen and oxygen atoms in total. The van der Waals surface area contributed by atoms with E-state index in [4.69, 9.17) is 20.1 Å². The van der Waals surface area contributed by atoms with Gasteiger partial charge in [-0.2, -0.15) is 0 Å². The molecule has 1 aromatic heterocycles. The number of hydrogen-bond donors (Lipinski definition) is 2. The van der Waals surface area contributed by atoms with Crippen molar-refractivity contribution in [3.63, 3.8) is 0 Å². The van der Waals surface area contributed by atoms with Gasteiger partial charge >= 0.3 is 7.12 Å². The van der Waals surface area contributed by atoms with Crippen LogP contribution in [0.4, 0.5) is 0 Å². The van der Waals surface area contributed by atoms with Crippen molar-refractivity contribution in [3.8, 4) is 0 Å². The molecule has 2 heterocycles. The van der Waals surface area contributed by atoms with E-state index in [1.165, 1.54) is 0 Å². The van der Waals surface area contributed by atoms with Crippen LogP contribution >= 0.6 is 0 Å². The lowest BCUT2D eigenvalue weighted by molar-refractivity contribution is 0.00578. The highest BCUT2D eigenvalue weighted by Crippen LogP contribution is 2.36. The van der Waals surface area contributed by atoms with Crippen molar-refractivity contribution >= 4 is 13.2 Å². The van der Waals surface area contributed by atoms with Gasteiger partial charge in [0.2, 0.25) is 0 Å². The van der Waals surface area contributed by atoms with Gasteiger partial charge in [-0.25, -0.2) is 0 Å². The second-order valence-electron chi connectivity index (χ2n) is 6.26. The van der Waals surface area contributed by atoms with Crippen molar-refractivity contribution in [1.29, 1.82) is 0 Å². The third kappa shape index (κ3) is 3.52. The van der Waals surface area contributed by atoms with Crippen LogP contribution in [0, 0.1) is 0 Å². The van der Waals surface area contributed by atoms with Crippen LogP contribution in [0.15, 0.2) is 24.2 Å². The number of nitrogens with two attached hydrogens (primary N) is 1. The molecule has 0 aliphatic carbocycles. The summed E-state index contributed by atoms with van der Waals surface area (Å²) in [5.41, 5.74) is 6.48.